The van der Waals surface area contributed by atoms with Crippen LogP contribution in [0.15, 0.2) is 35.5 Å². The van der Waals surface area contributed by atoms with Gasteiger partial charge < -0.3 is 0 Å². The van der Waals surface area contributed by atoms with Gasteiger partial charge in [0.15, 0.2) is 0 Å². The van der Waals surface area contributed by atoms with Crippen molar-refractivity contribution in [1.29, 1.82) is 0 Å². The van der Waals surface area contributed by atoms with Crippen molar-refractivity contribution in [1.82, 2.24) is 0 Å². The third kappa shape index (κ3) is 35.5. The molecule has 2 aliphatic rings. The fraction of sp³-hybridized carbons (Fsp3) is 0.826. The van der Waals surface area contributed by atoms with Crippen LogP contribution in [0.25, 0.3) is 0 Å². The van der Waals surface area contributed by atoms with Gasteiger partial charge in [0.2, 0.25) is 0 Å². The standard InChI is InChI=1S/2C23H41.Zr/c2*1-2-3-4-5-6-7-8-9-10-11-12-13-14-15-16-17-20-23-21-18-19-22-23;/h2*18,21H,2-17,19-20H2,1H3;/q2*-1;+2. The number of hydrogen-bond acceptors (Lipinski definition) is 0. The summed E-state index contributed by atoms with van der Waals surface area (Å²) in [5.41, 5.74) is 2.91. The van der Waals surface area contributed by atoms with Gasteiger partial charge in [0.1, 0.15) is 0 Å². The first-order valence-corrected chi connectivity index (χ1v) is 21.4. The van der Waals surface area contributed by atoms with Gasteiger partial charge in [0.05, 0.1) is 0 Å². The van der Waals surface area contributed by atoms with Crippen molar-refractivity contribution < 1.29 is 26.2 Å². The summed E-state index contributed by atoms with van der Waals surface area (Å²) in [6.07, 6.45) is 66.8. The van der Waals surface area contributed by atoms with Gasteiger partial charge in [-0.2, -0.15) is 12.2 Å². The van der Waals surface area contributed by atoms with Crippen molar-refractivity contribution in [2.75, 3.05) is 0 Å². The molecule has 0 aromatic carbocycles. The molecule has 0 bridgehead atoms. The van der Waals surface area contributed by atoms with E-state index in [0.29, 0.717) is 0 Å². The van der Waals surface area contributed by atoms with Gasteiger partial charge in [-0.05, 0) is 0 Å². The van der Waals surface area contributed by atoms with Crippen LogP contribution in [0.5, 0.6) is 0 Å². The number of rotatable bonds is 34. The maximum Gasteiger partial charge on any atom is 2.00 e. The molecule has 0 radical (unpaired) electrons. The van der Waals surface area contributed by atoms with E-state index in [1.807, 2.05) is 0 Å². The van der Waals surface area contributed by atoms with Crippen molar-refractivity contribution in [3.63, 3.8) is 0 Å². The molecule has 0 spiro atoms. The van der Waals surface area contributed by atoms with Crippen molar-refractivity contribution in [2.24, 2.45) is 0 Å². The zero-order chi connectivity index (χ0) is 32.9. The Hall–Kier alpha value is -0.157. The quantitative estimate of drug-likeness (QED) is 0.0458. The molecule has 1 heteroatoms. The number of hydrogen-bond donors (Lipinski definition) is 0. The molecule has 270 valence electrons. The molecule has 0 unspecified atom stereocenters. The molecule has 2 rings (SSSR count). The van der Waals surface area contributed by atoms with Crippen LogP contribution >= 0.6 is 0 Å². The first-order valence-electron chi connectivity index (χ1n) is 21.4. The zero-order valence-electron chi connectivity index (χ0n) is 32.3. The Kier molecular flexibility index (Phi) is 40.1. The Morgan fingerprint density at radius 1 is 0.340 bits per heavy atom. The predicted molar refractivity (Wildman–Crippen MR) is 209 cm³/mol. The smallest absolute Gasteiger partial charge is 0.269 e. The van der Waals surface area contributed by atoms with Crippen LogP contribution in [0.4, 0.5) is 0 Å². The van der Waals surface area contributed by atoms with Crippen LogP contribution in [-0.4, -0.2) is 0 Å². The van der Waals surface area contributed by atoms with E-state index in [-0.39, 0.29) is 26.2 Å². The predicted octanol–water partition coefficient (Wildman–Crippen LogP) is 16.7. The molecule has 0 saturated carbocycles. The monoisotopic (exact) mass is 725 g/mol. The summed E-state index contributed by atoms with van der Waals surface area (Å²) >= 11 is 0. The summed E-state index contributed by atoms with van der Waals surface area (Å²) in [5, 5.41) is 0. The van der Waals surface area contributed by atoms with Crippen molar-refractivity contribution >= 4 is 0 Å². The van der Waals surface area contributed by atoms with Crippen LogP contribution in [-0.2, 0) is 26.2 Å². The van der Waals surface area contributed by atoms with Gasteiger partial charge in [-0.15, -0.1) is 12.8 Å². The van der Waals surface area contributed by atoms with Crippen LogP contribution in [0.1, 0.15) is 245 Å². The first-order chi connectivity index (χ1) is 22.9. The number of allylic oxidation sites excluding steroid dienone is 8. The Bertz CT molecular complexity index is 663. The van der Waals surface area contributed by atoms with Gasteiger partial charge in [-0.1, -0.05) is 232 Å². The molecule has 0 saturated heterocycles. The van der Waals surface area contributed by atoms with Gasteiger partial charge in [0.25, 0.3) is 0 Å². The summed E-state index contributed by atoms with van der Waals surface area (Å²) < 4.78 is 0. The molecular formula is C46H82Zr. The summed E-state index contributed by atoms with van der Waals surface area (Å²) in [6, 6.07) is 0. The van der Waals surface area contributed by atoms with E-state index in [0.717, 1.165) is 12.8 Å². The Morgan fingerprint density at radius 3 is 0.745 bits per heavy atom. The second-order valence-corrected chi connectivity index (χ2v) is 14.7. The Morgan fingerprint density at radius 2 is 0.553 bits per heavy atom. The van der Waals surface area contributed by atoms with Crippen LogP contribution in [0, 0.1) is 12.2 Å². The molecule has 0 fully saturated rings. The maximum atomic E-state index is 3.41. The summed E-state index contributed by atoms with van der Waals surface area (Å²) in [6.45, 7) is 4.59. The minimum Gasteiger partial charge on any atom is -0.269 e. The molecule has 0 aliphatic heterocycles. The molecule has 0 aromatic rings. The minimum absolute atomic E-state index is 0. The van der Waals surface area contributed by atoms with Crippen LogP contribution in [0.3, 0.4) is 0 Å². The second-order valence-electron chi connectivity index (χ2n) is 14.7. The molecule has 47 heavy (non-hydrogen) atoms. The van der Waals surface area contributed by atoms with E-state index in [2.05, 4.69) is 50.3 Å². The maximum absolute atomic E-state index is 3.41. The molecule has 0 amide bonds. The Balaban J connectivity index is 0.000000882. The fourth-order valence-corrected chi connectivity index (χ4v) is 6.97. The van der Waals surface area contributed by atoms with Gasteiger partial charge in [0, 0.05) is 0 Å². The van der Waals surface area contributed by atoms with Crippen LogP contribution < -0.4 is 0 Å². The molecule has 2 aliphatic carbocycles. The van der Waals surface area contributed by atoms with Crippen molar-refractivity contribution in [3.05, 3.63) is 47.6 Å². The van der Waals surface area contributed by atoms with Crippen LogP contribution in [0.2, 0.25) is 0 Å². The minimum atomic E-state index is 0. The SMILES string of the molecule is CCCCCCCCCCCCCCCCCCC1=[C-]CC=C1.CCCCCCCCCCCCCCCCCCC1=[C-]CC=C1.[Zr+2]. The van der Waals surface area contributed by atoms with Crippen molar-refractivity contribution in [2.45, 2.75) is 245 Å². The summed E-state index contributed by atoms with van der Waals surface area (Å²) in [5.74, 6) is 0. The van der Waals surface area contributed by atoms with Gasteiger partial charge in [-0.3, -0.25) is 12.2 Å². The molecule has 0 atom stereocenters. The normalized spacial score (nSPS) is 13.4. The zero-order valence-corrected chi connectivity index (χ0v) is 34.7. The average Bonchev–Trinajstić information content (AvgIpc) is 3.80. The molecule has 0 nitrogen and oxygen atoms in total. The first kappa shape index (κ1) is 46.8. The second kappa shape index (κ2) is 40.3. The van der Waals surface area contributed by atoms with Crippen molar-refractivity contribution in [3.8, 4) is 0 Å². The van der Waals surface area contributed by atoms with Gasteiger partial charge in [-0.25, -0.2) is 23.3 Å². The van der Waals surface area contributed by atoms with E-state index in [1.165, 1.54) is 229 Å². The van der Waals surface area contributed by atoms with E-state index in [9.17, 15) is 0 Å². The summed E-state index contributed by atoms with van der Waals surface area (Å²) in [4.78, 5) is 0. The third-order valence-electron chi connectivity index (χ3n) is 10.1. The number of unbranched alkanes of at least 4 members (excludes halogenated alkanes) is 30. The third-order valence-corrected chi connectivity index (χ3v) is 10.1. The molecule has 0 aromatic heterocycles. The van der Waals surface area contributed by atoms with E-state index in [4.69, 9.17) is 0 Å². The van der Waals surface area contributed by atoms with Gasteiger partial charge >= 0.3 is 26.2 Å². The topological polar surface area (TPSA) is 0 Å². The Labute approximate surface area is 317 Å². The molecule has 0 N–H and O–H groups in total. The van der Waals surface area contributed by atoms with E-state index in [1.54, 1.807) is 0 Å². The molecular weight excluding hydrogens is 644 g/mol. The van der Waals surface area contributed by atoms with E-state index < -0.39 is 0 Å². The van der Waals surface area contributed by atoms with E-state index >= 15 is 0 Å². The largest absolute Gasteiger partial charge is 2.00 e. The fourth-order valence-electron chi connectivity index (χ4n) is 6.97. The average molecular weight is 726 g/mol. The summed E-state index contributed by atoms with van der Waals surface area (Å²) in [7, 11) is 0. The molecule has 0 heterocycles.